The van der Waals surface area contributed by atoms with Crippen molar-refractivity contribution in [2.75, 3.05) is 19.7 Å². The highest BCUT2D eigenvalue weighted by atomic mass is 16.5. The topological polar surface area (TPSA) is 64.4 Å². The lowest BCUT2D eigenvalue weighted by molar-refractivity contribution is -0.143. The monoisotopic (exact) mass is 365 g/mol. The summed E-state index contributed by atoms with van der Waals surface area (Å²) in [5.74, 6) is 1.25. The lowest BCUT2D eigenvalue weighted by atomic mass is 9.92. The fourth-order valence-corrected chi connectivity index (χ4v) is 4.42. The zero-order valence-corrected chi connectivity index (χ0v) is 15.3. The van der Waals surface area contributed by atoms with Crippen LogP contribution >= 0.6 is 0 Å². The third-order valence-electron chi connectivity index (χ3n) is 5.95. The lowest BCUT2D eigenvalue weighted by Crippen LogP contribution is -2.55. The van der Waals surface area contributed by atoms with E-state index in [0.29, 0.717) is 32.2 Å². The normalized spacial score (nSPS) is 21.2. The fourth-order valence-electron chi connectivity index (χ4n) is 4.42. The Labute approximate surface area is 157 Å². The van der Waals surface area contributed by atoms with Gasteiger partial charge in [-0.25, -0.2) is 4.68 Å². The molecule has 1 saturated heterocycles. The Morgan fingerprint density at radius 1 is 1.19 bits per heavy atom. The molecule has 0 radical (unpaired) electrons. The predicted octanol–water partition coefficient (Wildman–Crippen LogP) is 1.44. The molecule has 2 aromatic rings. The van der Waals surface area contributed by atoms with Gasteiger partial charge in [-0.3, -0.25) is 9.59 Å². The van der Waals surface area contributed by atoms with Gasteiger partial charge < -0.3 is 9.64 Å². The number of benzene rings is 1. The minimum Gasteiger partial charge on any atom is -0.492 e. The van der Waals surface area contributed by atoms with E-state index in [1.807, 2.05) is 29.2 Å². The van der Waals surface area contributed by atoms with Crippen molar-refractivity contribution < 1.29 is 9.53 Å². The summed E-state index contributed by atoms with van der Waals surface area (Å²) in [5.41, 5.74) is 3.27. The maximum absolute atomic E-state index is 12.8. The molecule has 140 valence electrons. The van der Waals surface area contributed by atoms with E-state index in [4.69, 9.17) is 4.74 Å². The van der Waals surface area contributed by atoms with Gasteiger partial charge in [-0.2, -0.15) is 5.10 Å². The van der Waals surface area contributed by atoms with Crippen molar-refractivity contribution in [1.29, 1.82) is 0 Å². The van der Waals surface area contributed by atoms with Crippen LogP contribution in [0.25, 0.3) is 0 Å². The van der Waals surface area contributed by atoms with Crippen molar-refractivity contribution in [1.82, 2.24) is 14.7 Å². The molecule has 3 aliphatic rings. The van der Waals surface area contributed by atoms with E-state index in [0.717, 1.165) is 48.3 Å². The Balaban J connectivity index is 1.19. The summed E-state index contributed by atoms with van der Waals surface area (Å²) in [5, 5.41) is 4.54. The zero-order valence-electron chi connectivity index (χ0n) is 15.3. The minimum atomic E-state index is -0.110. The molecule has 27 heavy (non-hydrogen) atoms. The number of fused-ring (bicyclic) bond motifs is 2. The quantitative estimate of drug-likeness (QED) is 0.826. The van der Waals surface area contributed by atoms with Gasteiger partial charge in [0.15, 0.2) is 0 Å². The Morgan fingerprint density at radius 3 is 2.93 bits per heavy atom. The highest BCUT2D eigenvalue weighted by Crippen LogP contribution is 2.29. The predicted molar refractivity (Wildman–Crippen MR) is 99.7 cm³/mol. The molecule has 1 aromatic heterocycles. The van der Waals surface area contributed by atoms with Crippen molar-refractivity contribution in [3.63, 3.8) is 0 Å². The van der Waals surface area contributed by atoms with Gasteiger partial charge >= 0.3 is 0 Å². The molecule has 1 aliphatic carbocycles. The number of aromatic nitrogens is 2. The molecule has 1 unspecified atom stereocenters. The van der Waals surface area contributed by atoms with Crippen molar-refractivity contribution in [3.8, 4) is 5.75 Å². The third-order valence-corrected chi connectivity index (χ3v) is 5.95. The zero-order chi connectivity index (χ0) is 18.4. The van der Waals surface area contributed by atoms with Gasteiger partial charge in [0.1, 0.15) is 12.4 Å². The van der Waals surface area contributed by atoms with Crippen molar-refractivity contribution in [3.05, 3.63) is 57.5 Å². The van der Waals surface area contributed by atoms with Crippen LogP contribution < -0.4 is 10.3 Å². The minimum absolute atomic E-state index is 0.0160. The second kappa shape index (κ2) is 6.51. The first kappa shape index (κ1) is 16.5. The first-order valence-corrected chi connectivity index (χ1v) is 9.77. The SMILES string of the molecule is O=C(C1COc2ccccc2C1)N1CC(Cn2nc3c(cc2=O)CCC3)C1. The number of hydrogen-bond donors (Lipinski definition) is 0. The molecule has 0 spiro atoms. The number of aryl methyl sites for hydroxylation is 2. The van der Waals surface area contributed by atoms with Crippen LogP contribution in [0.4, 0.5) is 0 Å². The van der Waals surface area contributed by atoms with E-state index < -0.39 is 0 Å². The lowest BCUT2D eigenvalue weighted by Gasteiger charge is -2.41. The van der Waals surface area contributed by atoms with E-state index in [-0.39, 0.29) is 17.4 Å². The smallest absolute Gasteiger partial charge is 0.267 e. The number of hydrogen-bond acceptors (Lipinski definition) is 4. The van der Waals surface area contributed by atoms with Crippen LogP contribution in [-0.2, 0) is 30.6 Å². The van der Waals surface area contributed by atoms with Gasteiger partial charge in [-0.15, -0.1) is 0 Å². The van der Waals surface area contributed by atoms with Crippen LogP contribution in [0, 0.1) is 11.8 Å². The number of rotatable bonds is 3. The molecule has 1 amide bonds. The molecule has 1 atom stereocenters. The second-order valence-electron chi connectivity index (χ2n) is 7.92. The largest absolute Gasteiger partial charge is 0.492 e. The summed E-state index contributed by atoms with van der Waals surface area (Å²) < 4.78 is 7.35. The van der Waals surface area contributed by atoms with E-state index in [9.17, 15) is 9.59 Å². The molecule has 0 N–H and O–H groups in total. The average Bonchev–Trinajstić information content (AvgIpc) is 3.10. The molecule has 6 heteroatoms. The van der Waals surface area contributed by atoms with Gasteiger partial charge in [0.25, 0.3) is 5.56 Å². The molecule has 2 aliphatic heterocycles. The molecular weight excluding hydrogens is 342 g/mol. The number of carbonyl (C=O) groups excluding carboxylic acids is 1. The number of likely N-dealkylation sites (tertiary alicyclic amines) is 1. The maximum atomic E-state index is 12.8. The molecule has 5 rings (SSSR count). The van der Waals surface area contributed by atoms with Gasteiger partial charge in [0, 0.05) is 25.1 Å². The van der Waals surface area contributed by atoms with Gasteiger partial charge in [-0.1, -0.05) is 18.2 Å². The van der Waals surface area contributed by atoms with E-state index in [1.54, 1.807) is 10.7 Å². The summed E-state index contributed by atoms with van der Waals surface area (Å²) in [6, 6.07) is 9.66. The van der Waals surface area contributed by atoms with Crippen LogP contribution in [-0.4, -0.2) is 40.3 Å². The van der Waals surface area contributed by atoms with Crippen LogP contribution in [0.3, 0.4) is 0 Å². The standard InChI is InChI=1S/C21H23N3O3/c25-20-9-15-5-3-6-18(15)22-24(20)12-14-10-23(11-14)21(26)17-8-16-4-1-2-7-19(16)27-13-17/h1-2,4,7,9,14,17H,3,5-6,8,10-13H2. The van der Waals surface area contributed by atoms with E-state index >= 15 is 0 Å². The molecule has 0 bridgehead atoms. The molecule has 6 nitrogen and oxygen atoms in total. The third kappa shape index (κ3) is 3.03. The summed E-state index contributed by atoms with van der Waals surface area (Å²) in [7, 11) is 0. The van der Waals surface area contributed by atoms with E-state index in [1.165, 1.54) is 0 Å². The van der Waals surface area contributed by atoms with Crippen molar-refractivity contribution >= 4 is 5.91 Å². The number of carbonyl (C=O) groups is 1. The molecular formula is C21H23N3O3. The molecule has 1 aromatic carbocycles. The molecule has 1 fully saturated rings. The Hall–Kier alpha value is -2.63. The number of nitrogens with zero attached hydrogens (tertiary/aromatic N) is 3. The van der Waals surface area contributed by atoms with E-state index in [2.05, 4.69) is 5.10 Å². The number of amides is 1. The summed E-state index contributed by atoms with van der Waals surface area (Å²) >= 11 is 0. The highest BCUT2D eigenvalue weighted by Gasteiger charge is 2.36. The first-order valence-electron chi connectivity index (χ1n) is 9.77. The second-order valence-corrected chi connectivity index (χ2v) is 7.92. The van der Waals surface area contributed by atoms with Gasteiger partial charge in [0.2, 0.25) is 5.91 Å². The highest BCUT2D eigenvalue weighted by molar-refractivity contribution is 5.80. The Bertz CT molecular complexity index is 946. The maximum Gasteiger partial charge on any atom is 0.267 e. The summed E-state index contributed by atoms with van der Waals surface area (Å²) in [6.07, 6.45) is 3.76. The Morgan fingerprint density at radius 2 is 2.04 bits per heavy atom. The van der Waals surface area contributed by atoms with Gasteiger partial charge in [-0.05, 0) is 42.9 Å². The molecule has 3 heterocycles. The van der Waals surface area contributed by atoms with Gasteiger partial charge in [0.05, 0.1) is 18.2 Å². The number of ether oxygens (including phenoxy) is 1. The average molecular weight is 365 g/mol. The van der Waals surface area contributed by atoms with Crippen molar-refractivity contribution in [2.24, 2.45) is 11.8 Å². The number of para-hydroxylation sites is 1. The summed E-state index contributed by atoms with van der Waals surface area (Å²) in [4.78, 5) is 26.9. The van der Waals surface area contributed by atoms with Crippen LogP contribution in [0.1, 0.15) is 23.2 Å². The van der Waals surface area contributed by atoms with Crippen molar-refractivity contribution in [2.45, 2.75) is 32.2 Å². The van der Waals surface area contributed by atoms with Crippen LogP contribution in [0.15, 0.2) is 35.1 Å². The molecule has 0 saturated carbocycles. The summed E-state index contributed by atoms with van der Waals surface area (Å²) in [6.45, 7) is 2.44. The Kier molecular flexibility index (Phi) is 3.99. The van der Waals surface area contributed by atoms with Crippen LogP contribution in [0.2, 0.25) is 0 Å². The first-order chi connectivity index (χ1) is 13.2. The fraction of sp³-hybridized carbons (Fsp3) is 0.476. The van der Waals surface area contributed by atoms with Crippen LogP contribution in [0.5, 0.6) is 5.75 Å².